The van der Waals surface area contributed by atoms with E-state index in [0.29, 0.717) is 24.5 Å². The number of carbonyl (C=O) groups excluding carboxylic acids is 2. The largest absolute Gasteiger partial charge is 0.465 e. The summed E-state index contributed by atoms with van der Waals surface area (Å²) >= 11 is 0. The first-order valence-electron chi connectivity index (χ1n) is 10.0. The fraction of sp³-hybridized carbons (Fsp3) is 0.500. The van der Waals surface area contributed by atoms with Crippen LogP contribution < -0.4 is 5.32 Å². The van der Waals surface area contributed by atoms with Gasteiger partial charge >= 0.3 is 11.9 Å². The molecule has 1 atom stereocenters. The van der Waals surface area contributed by atoms with Gasteiger partial charge in [0.1, 0.15) is 23.1 Å². The molecule has 0 aliphatic heterocycles. The highest BCUT2D eigenvalue weighted by molar-refractivity contribution is 5.99. The lowest BCUT2D eigenvalue weighted by molar-refractivity contribution is -0.156. The van der Waals surface area contributed by atoms with Crippen LogP contribution in [-0.4, -0.2) is 59.7 Å². The van der Waals surface area contributed by atoms with Gasteiger partial charge in [-0.2, -0.15) is 10.4 Å². The van der Waals surface area contributed by atoms with Gasteiger partial charge in [0.25, 0.3) is 0 Å². The maximum atomic E-state index is 12.4. The van der Waals surface area contributed by atoms with E-state index in [4.69, 9.17) is 14.2 Å². The standard InChI is InChI=1S/C22H29N5O5/c1-22(2,3)32-18(28)7-14(13-30-5)10-24-17-8-15(9-23)19(21(29)31-6)20(26-17)16-11-25-27(4)12-16/h8,11-12,14H,7,10,13H2,1-6H3,(H,24,26)/t14-/m1/s1. The van der Waals surface area contributed by atoms with Gasteiger partial charge in [0.2, 0.25) is 0 Å². The van der Waals surface area contributed by atoms with Crippen LogP contribution >= 0.6 is 0 Å². The predicted molar refractivity (Wildman–Crippen MR) is 117 cm³/mol. The van der Waals surface area contributed by atoms with Gasteiger partial charge in [-0.25, -0.2) is 9.78 Å². The number of hydrogen-bond donors (Lipinski definition) is 1. The molecule has 0 amide bonds. The van der Waals surface area contributed by atoms with Crippen LogP contribution in [0.5, 0.6) is 0 Å². The molecule has 0 radical (unpaired) electrons. The molecule has 0 aromatic carbocycles. The Morgan fingerprint density at radius 1 is 1.31 bits per heavy atom. The minimum absolute atomic E-state index is 0.0655. The van der Waals surface area contributed by atoms with Crippen molar-refractivity contribution in [1.29, 1.82) is 5.26 Å². The molecule has 172 valence electrons. The van der Waals surface area contributed by atoms with Gasteiger partial charge in [-0.05, 0) is 26.8 Å². The van der Waals surface area contributed by atoms with Gasteiger partial charge in [-0.1, -0.05) is 0 Å². The zero-order valence-corrected chi connectivity index (χ0v) is 19.3. The van der Waals surface area contributed by atoms with E-state index in [1.54, 1.807) is 31.2 Å². The number of methoxy groups -OCH3 is 2. The third-order valence-corrected chi connectivity index (χ3v) is 4.36. The second-order valence-corrected chi connectivity index (χ2v) is 8.28. The van der Waals surface area contributed by atoms with Crippen molar-refractivity contribution in [2.45, 2.75) is 32.8 Å². The lowest BCUT2D eigenvalue weighted by Gasteiger charge is -2.22. The molecule has 0 bridgehead atoms. The van der Waals surface area contributed by atoms with Gasteiger partial charge in [-0.15, -0.1) is 0 Å². The van der Waals surface area contributed by atoms with Crippen LogP contribution in [0.15, 0.2) is 18.5 Å². The van der Waals surface area contributed by atoms with Crippen molar-refractivity contribution < 1.29 is 23.8 Å². The lowest BCUT2D eigenvalue weighted by Crippen LogP contribution is -2.28. The molecule has 2 aromatic rings. The molecule has 32 heavy (non-hydrogen) atoms. The van der Waals surface area contributed by atoms with Crippen molar-refractivity contribution in [1.82, 2.24) is 14.8 Å². The van der Waals surface area contributed by atoms with Crippen LogP contribution in [0.4, 0.5) is 5.82 Å². The SMILES string of the molecule is COC[C@@H](CNc1cc(C#N)c(C(=O)OC)c(-c2cnn(C)c2)n1)CC(=O)OC(C)(C)C. The number of nitrogens with one attached hydrogen (secondary N) is 1. The molecule has 0 unspecified atom stereocenters. The molecule has 0 aliphatic rings. The number of nitrogens with zero attached hydrogens (tertiary/aromatic N) is 4. The number of carbonyl (C=O) groups is 2. The highest BCUT2D eigenvalue weighted by atomic mass is 16.6. The zero-order chi connectivity index (χ0) is 23.9. The maximum absolute atomic E-state index is 12.4. The number of aromatic nitrogens is 3. The Balaban J connectivity index is 2.31. The summed E-state index contributed by atoms with van der Waals surface area (Å²) in [6.07, 6.45) is 3.39. The molecule has 0 aliphatic carbocycles. The molecule has 10 nitrogen and oxygen atoms in total. The van der Waals surface area contributed by atoms with Gasteiger partial charge in [0.05, 0.1) is 37.6 Å². The van der Waals surface area contributed by atoms with Crippen molar-refractivity contribution in [3.63, 3.8) is 0 Å². The van der Waals surface area contributed by atoms with Crippen LogP contribution in [0.25, 0.3) is 11.3 Å². The molecule has 2 aromatic heterocycles. The molecule has 2 heterocycles. The summed E-state index contributed by atoms with van der Waals surface area (Å²) in [6, 6.07) is 3.51. The first kappa shape index (κ1) is 24.8. The van der Waals surface area contributed by atoms with E-state index < -0.39 is 11.6 Å². The highest BCUT2D eigenvalue weighted by Crippen LogP contribution is 2.27. The Labute approximate surface area is 187 Å². The molecule has 2 rings (SSSR count). The average molecular weight is 444 g/mol. The molecule has 1 N–H and O–H groups in total. The summed E-state index contributed by atoms with van der Waals surface area (Å²) in [5.41, 5.74) is 0.449. The first-order valence-corrected chi connectivity index (χ1v) is 10.0. The zero-order valence-electron chi connectivity index (χ0n) is 19.3. The third-order valence-electron chi connectivity index (χ3n) is 4.36. The van der Waals surface area contributed by atoms with Crippen molar-refractivity contribution in [2.24, 2.45) is 13.0 Å². The van der Waals surface area contributed by atoms with E-state index in [2.05, 4.69) is 15.4 Å². The molecule has 0 saturated heterocycles. The normalized spacial score (nSPS) is 12.0. The predicted octanol–water partition coefficient (Wildman–Crippen LogP) is 2.55. The number of rotatable bonds is 9. The molecule has 10 heteroatoms. The third kappa shape index (κ3) is 6.78. The minimum atomic E-state index is -0.665. The van der Waals surface area contributed by atoms with E-state index in [1.807, 2.05) is 26.8 Å². The van der Waals surface area contributed by atoms with Crippen molar-refractivity contribution >= 4 is 17.8 Å². The Bertz CT molecular complexity index is 1000. The number of nitriles is 1. The summed E-state index contributed by atoms with van der Waals surface area (Å²) in [5, 5.41) is 16.9. The number of esters is 2. The topological polar surface area (TPSA) is 128 Å². The average Bonchev–Trinajstić information content (AvgIpc) is 3.15. The second kappa shape index (κ2) is 10.7. The summed E-state index contributed by atoms with van der Waals surface area (Å²) in [7, 11) is 4.54. The highest BCUT2D eigenvalue weighted by Gasteiger charge is 2.24. The number of anilines is 1. The number of hydrogen-bond acceptors (Lipinski definition) is 9. The van der Waals surface area contributed by atoms with E-state index in [9.17, 15) is 14.9 Å². The summed E-state index contributed by atoms with van der Waals surface area (Å²) < 4.78 is 17.1. The maximum Gasteiger partial charge on any atom is 0.341 e. The van der Waals surface area contributed by atoms with Crippen LogP contribution in [-0.2, 0) is 26.1 Å². The number of pyridine rings is 1. The van der Waals surface area contributed by atoms with Gasteiger partial charge in [0, 0.05) is 38.4 Å². The van der Waals surface area contributed by atoms with Crippen LogP contribution in [0, 0.1) is 17.2 Å². The first-order chi connectivity index (χ1) is 15.1. The Morgan fingerprint density at radius 3 is 2.56 bits per heavy atom. The lowest BCUT2D eigenvalue weighted by atomic mass is 10.0. The molecular weight excluding hydrogens is 414 g/mol. The molecule has 0 fully saturated rings. The summed E-state index contributed by atoms with van der Waals surface area (Å²) in [6.45, 7) is 6.10. The van der Waals surface area contributed by atoms with Gasteiger partial charge in [0.15, 0.2) is 0 Å². The fourth-order valence-corrected chi connectivity index (χ4v) is 3.08. The van der Waals surface area contributed by atoms with E-state index in [1.165, 1.54) is 13.2 Å². The quantitative estimate of drug-likeness (QED) is 0.581. The van der Waals surface area contributed by atoms with Gasteiger partial charge in [-0.3, -0.25) is 9.48 Å². The smallest absolute Gasteiger partial charge is 0.341 e. The number of ether oxygens (including phenoxy) is 3. The van der Waals surface area contributed by atoms with Crippen LogP contribution in [0.2, 0.25) is 0 Å². The van der Waals surface area contributed by atoms with Crippen LogP contribution in [0.1, 0.15) is 43.1 Å². The number of aryl methyl sites for hydroxylation is 1. The summed E-state index contributed by atoms with van der Waals surface area (Å²) in [5.74, 6) is -0.812. The van der Waals surface area contributed by atoms with E-state index >= 15 is 0 Å². The fourth-order valence-electron chi connectivity index (χ4n) is 3.08. The van der Waals surface area contributed by atoms with E-state index in [-0.39, 0.29) is 35.1 Å². The monoisotopic (exact) mass is 443 g/mol. The Hall–Kier alpha value is -3.45. The summed E-state index contributed by atoms with van der Waals surface area (Å²) in [4.78, 5) is 29.1. The Kier molecular flexibility index (Phi) is 8.32. The van der Waals surface area contributed by atoms with Crippen molar-refractivity contribution in [2.75, 3.05) is 32.7 Å². The van der Waals surface area contributed by atoms with Crippen LogP contribution in [0.3, 0.4) is 0 Å². The minimum Gasteiger partial charge on any atom is -0.465 e. The second-order valence-electron chi connectivity index (χ2n) is 8.28. The van der Waals surface area contributed by atoms with E-state index in [0.717, 1.165) is 0 Å². The van der Waals surface area contributed by atoms with Gasteiger partial charge < -0.3 is 19.5 Å². The molecule has 0 saturated carbocycles. The van der Waals surface area contributed by atoms with Crippen molar-refractivity contribution in [3.8, 4) is 17.3 Å². The molecular formula is C22H29N5O5. The Morgan fingerprint density at radius 2 is 2.03 bits per heavy atom. The molecule has 0 spiro atoms. The van der Waals surface area contributed by atoms with Crippen molar-refractivity contribution in [3.05, 3.63) is 29.6 Å².